The molecule has 0 aliphatic carbocycles. The topological polar surface area (TPSA) is 43.3 Å². The number of hydrogen-bond acceptors (Lipinski definition) is 2. The average Bonchev–Trinajstić information content (AvgIpc) is 2.48. The van der Waals surface area contributed by atoms with E-state index in [0.717, 1.165) is 17.8 Å². The van der Waals surface area contributed by atoms with Gasteiger partial charge >= 0.3 is 0 Å². The molecular formula is C10H13N3. The van der Waals surface area contributed by atoms with Gasteiger partial charge < -0.3 is 10.1 Å². The summed E-state index contributed by atoms with van der Waals surface area (Å²) in [7, 11) is 0. The second-order valence-electron chi connectivity index (χ2n) is 3.35. The molecule has 3 heteroatoms. The second-order valence-corrected chi connectivity index (χ2v) is 3.35. The van der Waals surface area contributed by atoms with Crippen molar-refractivity contribution in [2.24, 2.45) is 5.73 Å². The number of aromatic nitrogens is 2. The molecule has 1 unspecified atom stereocenters. The van der Waals surface area contributed by atoms with Gasteiger partial charge in [0.1, 0.15) is 5.82 Å². The van der Waals surface area contributed by atoms with Crippen molar-refractivity contribution >= 4 is 5.52 Å². The van der Waals surface area contributed by atoms with E-state index in [-0.39, 0.29) is 6.04 Å². The summed E-state index contributed by atoms with van der Waals surface area (Å²) in [4.78, 5) is 4.32. The molecule has 0 spiro atoms. The molecule has 2 heterocycles. The summed E-state index contributed by atoms with van der Waals surface area (Å²) in [5.74, 6) is 1.03. The molecule has 0 saturated heterocycles. The predicted molar refractivity (Wildman–Crippen MR) is 52.5 cm³/mol. The highest BCUT2D eigenvalue weighted by Gasteiger charge is 2.04. The lowest BCUT2D eigenvalue weighted by Crippen LogP contribution is -2.19. The van der Waals surface area contributed by atoms with Crippen LogP contribution in [0, 0.1) is 0 Å². The molecule has 0 saturated carbocycles. The Kier molecular flexibility index (Phi) is 2.02. The van der Waals surface area contributed by atoms with Crippen molar-refractivity contribution < 1.29 is 0 Å². The Bertz CT molecular complexity index is 403. The lowest BCUT2D eigenvalue weighted by atomic mass is 10.2. The third kappa shape index (κ3) is 1.55. The first-order chi connectivity index (χ1) is 6.27. The van der Waals surface area contributed by atoms with Crippen LogP contribution in [0.2, 0.25) is 0 Å². The maximum absolute atomic E-state index is 5.72. The Morgan fingerprint density at radius 2 is 2.38 bits per heavy atom. The largest absolute Gasteiger partial charge is 0.328 e. The van der Waals surface area contributed by atoms with Gasteiger partial charge in [-0.3, -0.25) is 0 Å². The number of fused-ring (bicyclic) bond motifs is 1. The smallest absolute Gasteiger partial charge is 0.114 e. The number of nitrogens with zero attached hydrogens (tertiary/aromatic N) is 2. The van der Waals surface area contributed by atoms with Gasteiger partial charge in [-0.05, 0) is 19.1 Å². The molecular weight excluding hydrogens is 162 g/mol. The van der Waals surface area contributed by atoms with Gasteiger partial charge in [0, 0.05) is 18.7 Å². The third-order valence-electron chi connectivity index (χ3n) is 2.02. The monoisotopic (exact) mass is 175 g/mol. The molecule has 13 heavy (non-hydrogen) atoms. The first-order valence-electron chi connectivity index (χ1n) is 4.44. The van der Waals surface area contributed by atoms with E-state index in [1.165, 1.54) is 0 Å². The zero-order valence-electron chi connectivity index (χ0n) is 7.64. The van der Waals surface area contributed by atoms with E-state index in [0.29, 0.717) is 0 Å². The fourth-order valence-electron chi connectivity index (χ4n) is 1.44. The molecule has 0 aliphatic heterocycles. The molecule has 0 amide bonds. The van der Waals surface area contributed by atoms with Gasteiger partial charge in [0.05, 0.1) is 11.7 Å². The fraction of sp³-hybridized carbons (Fsp3) is 0.300. The lowest BCUT2D eigenvalue weighted by Gasteiger charge is -2.03. The molecule has 1 atom stereocenters. The van der Waals surface area contributed by atoms with Gasteiger partial charge in [-0.15, -0.1) is 0 Å². The van der Waals surface area contributed by atoms with E-state index in [1.807, 2.05) is 37.5 Å². The van der Waals surface area contributed by atoms with Crippen molar-refractivity contribution in [3.8, 4) is 0 Å². The van der Waals surface area contributed by atoms with Crippen molar-refractivity contribution in [3.05, 3.63) is 36.4 Å². The lowest BCUT2D eigenvalue weighted by molar-refractivity contribution is 0.700. The van der Waals surface area contributed by atoms with E-state index in [9.17, 15) is 0 Å². The van der Waals surface area contributed by atoms with Crippen molar-refractivity contribution in [2.75, 3.05) is 0 Å². The zero-order valence-corrected chi connectivity index (χ0v) is 7.64. The van der Waals surface area contributed by atoms with Gasteiger partial charge in [-0.25, -0.2) is 4.98 Å². The molecule has 0 aromatic carbocycles. The summed E-state index contributed by atoms with van der Waals surface area (Å²) >= 11 is 0. The normalized spacial score (nSPS) is 13.4. The Balaban J connectivity index is 2.46. The first-order valence-corrected chi connectivity index (χ1v) is 4.44. The minimum Gasteiger partial charge on any atom is -0.328 e. The molecule has 0 bridgehead atoms. The molecule has 3 nitrogen and oxygen atoms in total. The number of hydrogen-bond donors (Lipinski definition) is 1. The van der Waals surface area contributed by atoms with E-state index < -0.39 is 0 Å². The Morgan fingerprint density at radius 1 is 1.54 bits per heavy atom. The standard InChI is InChI=1S/C10H13N3/c1-8(11)6-10-12-7-9-4-2-3-5-13(9)10/h2-5,7-8H,6,11H2,1H3. The summed E-state index contributed by atoms with van der Waals surface area (Å²) in [6.07, 6.45) is 4.70. The highest BCUT2D eigenvalue weighted by molar-refractivity contribution is 5.45. The van der Waals surface area contributed by atoms with E-state index in [1.54, 1.807) is 0 Å². The molecule has 0 fully saturated rings. The van der Waals surface area contributed by atoms with Crippen LogP contribution in [0.4, 0.5) is 0 Å². The SMILES string of the molecule is CC(N)Cc1ncc2ccccn12. The number of imidazole rings is 1. The van der Waals surface area contributed by atoms with Crippen LogP contribution in [0.1, 0.15) is 12.7 Å². The van der Waals surface area contributed by atoms with Crippen LogP contribution in [0.3, 0.4) is 0 Å². The van der Waals surface area contributed by atoms with Gasteiger partial charge in [0.15, 0.2) is 0 Å². The van der Waals surface area contributed by atoms with Crippen molar-refractivity contribution in [3.63, 3.8) is 0 Å². The summed E-state index contributed by atoms with van der Waals surface area (Å²) < 4.78 is 2.07. The first kappa shape index (κ1) is 8.26. The molecule has 2 aromatic heterocycles. The molecule has 2 N–H and O–H groups in total. The third-order valence-corrected chi connectivity index (χ3v) is 2.02. The van der Waals surface area contributed by atoms with Crippen LogP contribution < -0.4 is 5.73 Å². The fourth-order valence-corrected chi connectivity index (χ4v) is 1.44. The van der Waals surface area contributed by atoms with Crippen LogP contribution in [0.5, 0.6) is 0 Å². The molecule has 2 aromatic rings. The van der Waals surface area contributed by atoms with Crippen molar-refractivity contribution in [1.29, 1.82) is 0 Å². The Labute approximate surface area is 77.2 Å². The molecule has 2 rings (SSSR count). The van der Waals surface area contributed by atoms with E-state index >= 15 is 0 Å². The minimum absolute atomic E-state index is 0.158. The number of rotatable bonds is 2. The Morgan fingerprint density at radius 3 is 3.15 bits per heavy atom. The van der Waals surface area contributed by atoms with Gasteiger partial charge in [-0.1, -0.05) is 6.07 Å². The number of nitrogens with two attached hydrogens (primary N) is 1. The number of pyridine rings is 1. The van der Waals surface area contributed by atoms with Crippen molar-refractivity contribution in [1.82, 2.24) is 9.38 Å². The molecule has 0 aliphatic rings. The maximum Gasteiger partial charge on any atom is 0.114 e. The van der Waals surface area contributed by atoms with Gasteiger partial charge in [0.25, 0.3) is 0 Å². The highest BCUT2D eigenvalue weighted by atomic mass is 15.0. The van der Waals surface area contributed by atoms with Crippen LogP contribution in [0.25, 0.3) is 5.52 Å². The van der Waals surface area contributed by atoms with E-state index in [4.69, 9.17) is 5.73 Å². The van der Waals surface area contributed by atoms with Crippen molar-refractivity contribution in [2.45, 2.75) is 19.4 Å². The van der Waals surface area contributed by atoms with E-state index in [2.05, 4.69) is 9.38 Å². The zero-order chi connectivity index (χ0) is 9.26. The highest BCUT2D eigenvalue weighted by Crippen LogP contribution is 2.07. The molecule has 68 valence electrons. The summed E-state index contributed by atoms with van der Waals surface area (Å²) in [6, 6.07) is 6.20. The quantitative estimate of drug-likeness (QED) is 0.745. The van der Waals surface area contributed by atoms with Gasteiger partial charge in [-0.2, -0.15) is 0 Å². The van der Waals surface area contributed by atoms with Gasteiger partial charge in [0.2, 0.25) is 0 Å². The summed E-state index contributed by atoms with van der Waals surface area (Å²) in [5.41, 5.74) is 6.84. The maximum atomic E-state index is 5.72. The minimum atomic E-state index is 0.158. The van der Waals surface area contributed by atoms with Crippen LogP contribution >= 0.6 is 0 Å². The predicted octanol–water partition coefficient (Wildman–Crippen LogP) is 1.22. The summed E-state index contributed by atoms with van der Waals surface area (Å²) in [5, 5.41) is 0. The molecule has 0 radical (unpaired) electrons. The second kappa shape index (κ2) is 3.18. The van der Waals surface area contributed by atoms with Crippen LogP contribution in [-0.2, 0) is 6.42 Å². The Hall–Kier alpha value is -1.35. The summed E-state index contributed by atoms with van der Waals surface area (Å²) in [6.45, 7) is 1.99. The van der Waals surface area contributed by atoms with Crippen LogP contribution in [0.15, 0.2) is 30.6 Å². The van der Waals surface area contributed by atoms with Crippen LogP contribution in [-0.4, -0.2) is 15.4 Å². The average molecular weight is 175 g/mol.